The second-order valence-electron chi connectivity index (χ2n) is 6.96. The van der Waals surface area contributed by atoms with Gasteiger partial charge in [0.05, 0.1) is 0 Å². The van der Waals surface area contributed by atoms with Crippen LogP contribution in [0.25, 0.3) is 0 Å². The summed E-state index contributed by atoms with van der Waals surface area (Å²) in [5.41, 5.74) is -0.262. The van der Waals surface area contributed by atoms with Crippen LogP contribution in [0, 0.1) is 5.41 Å². The SMILES string of the molecule is CC(C)(C)C1NC(=O)CCN(C2(C)CCC2)C1=O. The summed E-state index contributed by atoms with van der Waals surface area (Å²) in [6.45, 7) is 8.71. The molecule has 0 aromatic rings. The van der Waals surface area contributed by atoms with Crippen molar-refractivity contribution in [3.05, 3.63) is 0 Å². The monoisotopic (exact) mass is 252 g/mol. The molecule has 1 saturated carbocycles. The van der Waals surface area contributed by atoms with E-state index in [0.29, 0.717) is 13.0 Å². The zero-order valence-corrected chi connectivity index (χ0v) is 11.9. The lowest BCUT2D eigenvalue weighted by atomic mass is 9.76. The minimum atomic E-state index is -0.398. The summed E-state index contributed by atoms with van der Waals surface area (Å²) in [5, 5.41) is 2.89. The fourth-order valence-electron chi connectivity index (χ4n) is 2.86. The molecule has 1 heterocycles. The van der Waals surface area contributed by atoms with Gasteiger partial charge in [0.15, 0.2) is 0 Å². The summed E-state index contributed by atoms with van der Waals surface area (Å²) in [6, 6.07) is -0.398. The Morgan fingerprint density at radius 2 is 1.89 bits per heavy atom. The molecule has 2 rings (SSSR count). The van der Waals surface area contributed by atoms with E-state index in [0.717, 1.165) is 12.8 Å². The van der Waals surface area contributed by atoms with Crippen molar-refractivity contribution in [2.45, 2.75) is 65.0 Å². The molecule has 1 unspecified atom stereocenters. The molecule has 1 saturated heterocycles. The first kappa shape index (κ1) is 13.4. The number of nitrogens with one attached hydrogen (secondary N) is 1. The van der Waals surface area contributed by atoms with Crippen LogP contribution in [0.3, 0.4) is 0 Å². The van der Waals surface area contributed by atoms with Crippen LogP contribution in [-0.4, -0.2) is 34.8 Å². The summed E-state index contributed by atoms with van der Waals surface area (Å²) in [4.78, 5) is 26.4. The zero-order chi connectivity index (χ0) is 13.6. The Morgan fingerprint density at radius 3 is 2.33 bits per heavy atom. The molecule has 18 heavy (non-hydrogen) atoms. The van der Waals surface area contributed by atoms with E-state index in [-0.39, 0.29) is 22.8 Å². The number of hydrogen-bond acceptors (Lipinski definition) is 2. The summed E-state index contributed by atoms with van der Waals surface area (Å²) in [5.74, 6) is 0.0873. The molecule has 4 heteroatoms. The average molecular weight is 252 g/mol. The second-order valence-corrected chi connectivity index (χ2v) is 6.96. The van der Waals surface area contributed by atoms with Crippen molar-refractivity contribution < 1.29 is 9.59 Å². The van der Waals surface area contributed by atoms with Gasteiger partial charge in [0, 0.05) is 18.5 Å². The maximum absolute atomic E-state index is 12.7. The molecule has 2 amide bonds. The number of carbonyl (C=O) groups is 2. The smallest absolute Gasteiger partial charge is 0.246 e. The molecular formula is C14H24N2O2. The van der Waals surface area contributed by atoms with Crippen molar-refractivity contribution in [3.63, 3.8) is 0 Å². The van der Waals surface area contributed by atoms with Crippen molar-refractivity contribution in [3.8, 4) is 0 Å². The standard InChI is InChI=1S/C14H24N2O2/c1-13(2,3)11-12(18)16(9-6-10(17)15-11)14(4)7-5-8-14/h11H,5-9H2,1-4H3,(H,15,17). The van der Waals surface area contributed by atoms with Crippen LogP contribution in [0.15, 0.2) is 0 Å². The fraction of sp³-hybridized carbons (Fsp3) is 0.857. The van der Waals surface area contributed by atoms with E-state index < -0.39 is 6.04 Å². The van der Waals surface area contributed by atoms with Gasteiger partial charge in [0.1, 0.15) is 6.04 Å². The van der Waals surface area contributed by atoms with Gasteiger partial charge in [-0.3, -0.25) is 9.59 Å². The van der Waals surface area contributed by atoms with Gasteiger partial charge < -0.3 is 10.2 Å². The Hall–Kier alpha value is -1.06. The van der Waals surface area contributed by atoms with Gasteiger partial charge in [-0.1, -0.05) is 20.8 Å². The van der Waals surface area contributed by atoms with E-state index in [1.807, 2.05) is 25.7 Å². The Labute approximate surface area is 109 Å². The van der Waals surface area contributed by atoms with Crippen LogP contribution < -0.4 is 5.32 Å². The lowest BCUT2D eigenvalue weighted by Crippen LogP contribution is -2.60. The summed E-state index contributed by atoms with van der Waals surface area (Å²) >= 11 is 0. The lowest BCUT2D eigenvalue weighted by Gasteiger charge is -2.49. The quantitative estimate of drug-likeness (QED) is 0.772. The zero-order valence-electron chi connectivity index (χ0n) is 11.9. The van der Waals surface area contributed by atoms with Gasteiger partial charge in [-0.05, 0) is 31.6 Å². The second kappa shape index (κ2) is 4.25. The molecule has 1 atom stereocenters. The average Bonchev–Trinajstić information content (AvgIpc) is 2.35. The molecule has 0 spiro atoms. The van der Waals surface area contributed by atoms with E-state index in [1.54, 1.807) is 0 Å². The van der Waals surface area contributed by atoms with Crippen LogP contribution in [0.1, 0.15) is 53.4 Å². The minimum absolute atomic E-state index is 0.00583. The Kier molecular flexibility index (Phi) is 3.16. The van der Waals surface area contributed by atoms with E-state index in [2.05, 4.69) is 12.2 Å². The van der Waals surface area contributed by atoms with Crippen molar-refractivity contribution in [1.82, 2.24) is 10.2 Å². The van der Waals surface area contributed by atoms with Crippen LogP contribution in [0.5, 0.6) is 0 Å². The van der Waals surface area contributed by atoms with E-state index in [9.17, 15) is 9.59 Å². The highest BCUT2D eigenvalue weighted by Gasteiger charge is 2.46. The molecule has 0 bridgehead atoms. The topological polar surface area (TPSA) is 49.4 Å². The van der Waals surface area contributed by atoms with Crippen molar-refractivity contribution in [1.29, 1.82) is 0 Å². The first-order valence-corrected chi connectivity index (χ1v) is 6.85. The minimum Gasteiger partial charge on any atom is -0.344 e. The van der Waals surface area contributed by atoms with Gasteiger partial charge in [-0.2, -0.15) is 0 Å². The first-order chi connectivity index (χ1) is 8.24. The summed E-state index contributed by atoms with van der Waals surface area (Å²) in [7, 11) is 0. The normalized spacial score (nSPS) is 28.4. The highest BCUT2D eigenvalue weighted by molar-refractivity contribution is 5.91. The Bertz CT molecular complexity index is 366. The fourth-order valence-corrected chi connectivity index (χ4v) is 2.86. The van der Waals surface area contributed by atoms with Crippen LogP contribution in [0.4, 0.5) is 0 Å². The molecule has 1 aliphatic carbocycles. The van der Waals surface area contributed by atoms with Gasteiger partial charge in [-0.25, -0.2) is 0 Å². The summed E-state index contributed by atoms with van der Waals surface area (Å²) in [6.07, 6.45) is 3.73. The predicted octanol–water partition coefficient (Wildman–Crippen LogP) is 1.69. The first-order valence-electron chi connectivity index (χ1n) is 6.85. The van der Waals surface area contributed by atoms with Gasteiger partial charge in [0.25, 0.3) is 0 Å². The third kappa shape index (κ3) is 2.25. The van der Waals surface area contributed by atoms with E-state index in [1.165, 1.54) is 6.42 Å². The third-order valence-corrected chi connectivity index (χ3v) is 4.33. The van der Waals surface area contributed by atoms with Crippen molar-refractivity contribution in [2.24, 2.45) is 5.41 Å². The lowest BCUT2D eigenvalue weighted by molar-refractivity contribution is -0.144. The molecule has 2 fully saturated rings. The maximum Gasteiger partial charge on any atom is 0.246 e. The summed E-state index contributed by atoms with van der Waals surface area (Å²) < 4.78 is 0. The highest BCUT2D eigenvalue weighted by Crippen LogP contribution is 2.39. The number of rotatable bonds is 1. The maximum atomic E-state index is 12.7. The largest absolute Gasteiger partial charge is 0.344 e. The predicted molar refractivity (Wildman–Crippen MR) is 70.0 cm³/mol. The van der Waals surface area contributed by atoms with Crippen molar-refractivity contribution >= 4 is 11.8 Å². The van der Waals surface area contributed by atoms with Gasteiger partial charge in [0.2, 0.25) is 11.8 Å². The number of amides is 2. The molecule has 1 aliphatic heterocycles. The molecular weight excluding hydrogens is 228 g/mol. The van der Waals surface area contributed by atoms with Crippen LogP contribution in [0.2, 0.25) is 0 Å². The Balaban J connectivity index is 2.26. The van der Waals surface area contributed by atoms with Gasteiger partial charge in [-0.15, -0.1) is 0 Å². The molecule has 0 aromatic carbocycles. The number of nitrogens with zero attached hydrogens (tertiary/aromatic N) is 1. The number of hydrogen-bond donors (Lipinski definition) is 1. The molecule has 2 aliphatic rings. The Morgan fingerprint density at radius 1 is 1.28 bits per heavy atom. The third-order valence-electron chi connectivity index (χ3n) is 4.33. The molecule has 0 aromatic heterocycles. The van der Waals surface area contributed by atoms with Crippen molar-refractivity contribution in [2.75, 3.05) is 6.54 Å². The van der Waals surface area contributed by atoms with Crippen LogP contribution in [-0.2, 0) is 9.59 Å². The molecule has 102 valence electrons. The highest BCUT2D eigenvalue weighted by atomic mass is 16.2. The molecule has 1 N–H and O–H groups in total. The van der Waals surface area contributed by atoms with E-state index >= 15 is 0 Å². The number of carbonyl (C=O) groups excluding carboxylic acids is 2. The van der Waals surface area contributed by atoms with Gasteiger partial charge >= 0.3 is 0 Å². The van der Waals surface area contributed by atoms with E-state index in [4.69, 9.17) is 0 Å². The molecule has 4 nitrogen and oxygen atoms in total. The van der Waals surface area contributed by atoms with Crippen LogP contribution >= 0.6 is 0 Å². The molecule has 0 radical (unpaired) electrons.